The molecule has 0 radical (unpaired) electrons. The highest BCUT2D eigenvalue weighted by atomic mass is 19.1. The molecule has 0 aliphatic carbocycles. The SMILES string of the molecule is O=C(O)c1ccccc1NCc1cccc(F)c1. The molecule has 0 bridgehead atoms. The summed E-state index contributed by atoms with van der Waals surface area (Å²) in [5, 5.41) is 12.0. The molecule has 0 spiro atoms. The predicted molar refractivity (Wildman–Crippen MR) is 67.1 cm³/mol. The van der Waals surface area contributed by atoms with Gasteiger partial charge in [-0.25, -0.2) is 9.18 Å². The number of hydrogen-bond acceptors (Lipinski definition) is 2. The van der Waals surface area contributed by atoms with Crippen LogP contribution in [0.1, 0.15) is 15.9 Å². The van der Waals surface area contributed by atoms with Crippen molar-refractivity contribution in [3.05, 3.63) is 65.5 Å². The largest absolute Gasteiger partial charge is 0.478 e. The molecule has 2 rings (SSSR count). The molecule has 0 aliphatic rings. The zero-order valence-corrected chi connectivity index (χ0v) is 9.56. The van der Waals surface area contributed by atoms with Crippen molar-refractivity contribution in [2.75, 3.05) is 5.32 Å². The summed E-state index contributed by atoms with van der Waals surface area (Å²) in [7, 11) is 0. The quantitative estimate of drug-likeness (QED) is 0.870. The summed E-state index contributed by atoms with van der Waals surface area (Å²) in [6.45, 7) is 0.377. The molecule has 3 nitrogen and oxygen atoms in total. The lowest BCUT2D eigenvalue weighted by Gasteiger charge is -2.09. The standard InChI is InChI=1S/C14H12FNO2/c15-11-5-3-4-10(8-11)9-16-13-7-2-1-6-12(13)14(17)18/h1-8,16H,9H2,(H,17,18). The highest BCUT2D eigenvalue weighted by Crippen LogP contribution is 2.16. The molecule has 0 unspecified atom stereocenters. The molecule has 0 saturated carbocycles. The number of para-hydroxylation sites is 1. The van der Waals surface area contributed by atoms with Crippen LogP contribution < -0.4 is 5.32 Å². The van der Waals surface area contributed by atoms with Crippen LogP contribution in [0.2, 0.25) is 0 Å². The molecular formula is C14H12FNO2. The maximum atomic E-state index is 13.0. The highest BCUT2D eigenvalue weighted by Gasteiger charge is 2.08. The average molecular weight is 245 g/mol. The average Bonchev–Trinajstić information content (AvgIpc) is 2.37. The van der Waals surface area contributed by atoms with Crippen LogP contribution in [0, 0.1) is 5.82 Å². The Bertz CT molecular complexity index is 569. The third-order valence-corrected chi connectivity index (χ3v) is 2.53. The molecule has 92 valence electrons. The van der Waals surface area contributed by atoms with E-state index in [9.17, 15) is 9.18 Å². The predicted octanol–water partition coefficient (Wildman–Crippen LogP) is 3.14. The molecule has 2 aromatic rings. The van der Waals surface area contributed by atoms with Gasteiger partial charge in [0.15, 0.2) is 0 Å². The fourth-order valence-electron chi connectivity index (χ4n) is 1.67. The fraction of sp³-hybridized carbons (Fsp3) is 0.0714. The second-order valence-electron chi connectivity index (χ2n) is 3.83. The number of anilines is 1. The van der Waals surface area contributed by atoms with Gasteiger partial charge >= 0.3 is 5.97 Å². The van der Waals surface area contributed by atoms with Gasteiger partial charge in [-0.15, -0.1) is 0 Å². The van der Waals surface area contributed by atoms with Crippen LogP contribution in [0.25, 0.3) is 0 Å². The summed E-state index contributed by atoms with van der Waals surface area (Å²) < 4.78 is 13.0. The van der Waals surface area contributed by atoms with E-state index < -0.39 is 5.97 Å². The van der Waals surface area contributed by atoms with Gasteiger partial charge in [-0.05, 0) is 29.8 Å². The summed E-state index contributed by atoms with van der Waals surface area (Å²) in [6.07, 6.45) is 0. The molecule has 18 heavy (non-hydrogen) atoms. The van der Waals surface area contributed by atoms with Crippen molar-refractivity contribution in [2.45, 2.75) is 6.54 Å². The van der Waals surface area contributed by atoms with Crippen LogP contribution in [0.3, 0.4) is 0 Å². The summed E-state index contributed by atoms with van der Waals surface area (Å²) >= 11 is 0. The molecular weight excluding hydrogens is 233 g/mol. The summed E-state index contributed by atoms with van der Waals surface area (Å²) in [6, 6.07) is 12.8. The van der Waals surface area contributed by atoms with Gasteiger partial charge in [0.05, 0.1) is 5.56 Å². The van der Waals surface area contributed by atoms with E-state index in [0.29, 0.717) is 12.2 Å². The number of rotatable bonds is 4. The van der Waals surface area contributed by atoms with Gasteiger partial charge in [0.25, 0.3) is 0 Å². The van der Waals surface area contributed by atoms with Crippen molar-refractivity contribution >= 4 is 11.7 Å². The number of carboxylic acids is 1. The molecule has 2 N–H and O–H groups in total. The maximum absolute atomic E-state index is 13.0. The van der Waals surface area contributed by atoms with E-state index in [4.69, 9.17) is 5.11 Å². The Labute approximate surface area is 104 Å². The van der Waals surface area contributed by atoms with Crippen LogP contribution in [-0.4, -0.2) is 11.1 Å². The molecule has 0 saturated heterocycles. The van der Waals surface area contributed by atoms with Gasteiger partial charge in [0, 0.05) is 12.2 Å². The molecule has 0 aromatic heterocycles. The summed E-state index contributed by atoms with van der Waals surface area (Å²) in [5.74, 6) is -1.29. The van der Waals surface area contributed by atoms with Gasteiger partial charge in [-0.2, -0.15) is 0 Å². The smallest absolute Gasteiger partial charge is 0.337 e. The first-order valence-corrected chi connectivity index (χ1v) is 5.47. The van der Waals surface area contributed by atoms with E-state index in [1.54, 1.807) is 30.3 Å². The van der Waals surface area contributed by atoms with Crippen LogP contribution >= 0.6 is 0 Å². The first-order valence-electron chi connectivity index (χ1n) is 5.47. The molecule has 0 heterocycles. The van der Waals surface area contributed by atoms with E-state index in [0.717, 1.165) is 5.56 Å². The second-order valence-corrected chi connectivity index (χ2v) is 3.83. The third-order valence-electron chi connectivity index (χ3n) is 2.53. The topological polar surface area (TPSA) is 49.3 Å². The number of benzene rings is 2. The van der Waals surface area contributed by atoms with E-state index in [1.165, 1.54) is 18.2 Å². The number of hydrogen-bond donors (Lipinski definition) is 2. The van der Waals surface area contributed by atoms with Crippen molar-refractivity contribution < 1.29 is 14.3 Å². The summed E-state index contributed by atoms with van der Waals surface area (Å²) in [4.78, 5) is 11.0. The molecule has 0 aliphatic heterocycles. The number of aromatic carboxylic acids is 1. The molecule has 2 aromatic carbocycles. The number of carboxylic acid groups (broad SMARTS) is 1. The van der Waals surface area contributed by atoms with Crippen molar-refractivity contribution in [1.29, 1.82) is 0 Å². The Morgan fingerprint density at radius 2 is 1.94 bits per heavy atom. The first kappa shape index (κ1) is 12.1. The Hall–Kier alpha value is -2.36. The highest BCUT2D eigenvalue weighted by molar-refractivity contribution is 5.94. The number of carbonyl (C=O) groups is 1. The fourth-order valence-corrected chi connectivity index (χ4v) is 1.67. The van der Waals surface area contributed by atoms with Crippen molar-refractivity contribution in [2.24, 2.45) is 0 Å². The second kappa shape index (κ2) is 5.31. The Balaban J connectivity index is 2.13. The lowest BCUT2D eigenvalue weighted by molar-refractivity contribution is 0.0698. The van der Waals surface area contributed by atoms with Crippen LogP contribution in [-0.2, 0) is 6.54 Å². The van der Waals surface area contributed by atoms with Gasteiger partial charge in [-0.3, -0.25) is 0 Å². The minimum absolute atomic E-state index is 0.203. The van der Waals surface area contributed by atoms with E-state index in [-0.39, 0.29) is 11.4 Å². The monoisotopic (exact) mass is 245 g/mol. The van der Waals surface area contributed by atoms with Gasteiger partial charge in [0.1, 0.15) is 5.82 Å². The van der Waals surface area contributed by atoms with Crippen LogP contribution in [0.15, 0.2) is 48.5 Å². The van der Waals surface area contributed by atoms with E-state index in [1.807, 2.05) is 0 Å². The minimum Gasteiger partial charge on any atom is -0.478 e. The molecule has 0 atom stereocenters. The van der Waals surface area contributed by atoms with Crippen molar-refractivity contribution in [3.8, 4) is 0 Å². The molecule has 4 heteroatoms. The first-order chi connectivity index (χ1) is 8.66. The van der Waals surface area contributed by atoms with Gasteiger partial charge < -0.3 is 10.4 Å². The molecule has 0 fully saturated rings. The van der Waals surface area contributed by atoms with E-state index in [2.05, 4.69) is 5.32 Å². The Kier molecular flexibility index (Phi) is 3.57. The van der Waals surface area contributed by atoms with E-state index >= 15 is 0 Å². The Morgan fingerprint density at radius 3 is 2.67 bits per heavy atom. The van der Waals surface area contributed by atoms with Gasteiger partial charge in [-0.1, -0.05) is 24.3 Å². The number of halogens is 1. The normalized spacial score (nSPS) is 10.1. The summed E-state index contributed by atoms with van der Waals surface area (Å²) in [5.41, 5.74) is 1.48. The van der Waals surface area contributed by atoms with Crippen molar-refractivity contribution in [3.63, 3.8) is 0 Å². The maximum Gasteiger partial charge on any atom is 0.337 e. The lowest BCUT2D eigenvalue weighted by atomic mass is 10.1. The van der Waals surface area contributed by atoms with Crippen molar-refractivity contribution in [1.82, 2.24) is 0 Å². The zero-order chi connectivity index (χ0) is 13.0. The zero-order valence-electron chi connectivity index (χ0n) is 9.56. The third kappa shape index (κ3) is 2.85. The number of nitrogens with one attached hydrogen (secondary N) is 1. The minimum atomic E-state index is -0.989. The lowest BCUT2D eigenvalue weighted by Crippen LogP contribution is -2.06. The molecule has 0 amide bonds. The van der Waals surface area contributed by atoms with Crippen LogP contribution in [0.5, 0.6) is 0 Å². The Morgan fingerprint density at radius 1 is 1.17 bits per heavy atom. The van der Waals surface area contributed by atoms with Crippen LogP contribution in [0.4, 0.5) is 10.1 Å². The van der Waals surface area contributed by atoms with Gasteiger partial charge in [0.2, 0.25) is 0 Å².